The molecular weight excluding hydrogens is 162 g/mol. The van der Waals surface area contributed by atoms with Crippen LogP contribution in [0, 0.1) is 0 Å². The van der Waals surface area contributed by atoms with Gasteiger partial charge < -0.3 is 11.1 Å². The van der Waals surface area contributed by atoms with Crippen LogP contribution in [0.4, 0.5) is 5.69 Å². The van der Waals surface area contributed by atoms with Crippen LogP contribution in [0.1, 0.15) is 25.0 Å². The summed E-state index contributed by atoms with van der Waals surface area (Å²) < 4.78 is 0. The van der Waals surface area contributed by atoms with Crippen LogP contribution in [0.25, 0.3) is 0 Å². The summed E-state index contributed by atoms with van der Waals surface area (Å²) in [6.07, 6.45) is 5.70. The number of hydrogen-bond acceptors (Lipinski definition) is 3. The molecule has 70 valence electrons. The molecule has 0 unspecified atom stereocenters. The molecule has 13 heavy (non-hydrogen) atoms. The molecule has 1 aromatic rings. The summed E-state index contributed by atoms with van der Waals surface area (Å²) in [7, 11) is 0. The van der Waals surface area contributed by atoms with E-state index in [1.54, 1.807) is 6.20 Å². The first-order chi connectivity index (χ1) is 6.34. The normalized spacial score (nSPS) is 16.9. The molecule has 0 spiro atoms. The second kappa shape index (κ2) is 3.75. The molecule has 1 aliphatic rings. The molecule has 3 N–H and O–H groups in total. The van der Waals surface area contributed by atoms with Crippen molar-refractivity contribution in [1.82, 2.24) is 10.3 Å². The first kappa shape index (κ1) is 8.51. The third-order valence-corrected chi connectivity index (χ3v) is 2.52. The minimum absolute atomic E-state index is 0.722. The third-order valence-electron chi connectivity index (χ3n) is 2.52. The van der Waals surface area contributed by atoms with Crippen molar-refractivity contribution in [1.29, 1.82) is 0 Å². The Kier molecular flexibility index (Phi) is 2.45. The zero-order chi connectivity index (χ0) is 9.10. The molecule has 1 saturated carbocycles. The van der Waals surface area contributed by atoms with Crippen molar-refractivity contribution in [2.24, 2.45) is 0 Å². The largest absolute Gasteiger partial charge is 0.397 e. The molecule has 3 nitrogen and oxygen atoms in total. The Bertz CT molecular complexity index is 264. The van der Waals surface area contributed by atoms with E-state index in [0.717, 1.165) is 24.0 Å². The van der Waals surface area contributed by atoms with Gasteiger partial charge in [-0.05, 0) is 25.0 Å². The maximum atomic E-state index is 5.54. The van der Waals surface area contributed by atoms with Crippen molar-refractivity contribution in [3.63, 3.8) is 0 Å². The second-order valence-electron chi connectivity index (χ2n) is 3.59. The lowest BCUT2D eigenvalue weighted by molar-refractivity contribution is 0.337. The van der Waals surface area contributed by atoms with Gasteiger partial charge in [-0.2, -0.15) is 0 Å². The van der Waals surface area contributed by atoms with Gasteiger partial charge in [0.2, 0.25) is 0 Å². The van der Waals surface area contributed by atoms with Crippen molar-refractivity contribution < 1.29 is 0 Å². The van der Waals surface area contributed by atoms with Gasteiger partial charge in [0.25, 0.3) is 0 Å². The molecule has 1 aromatic heterocycles. The lowest BCUT2D eigenvalue weighted by Crippen LogP contribution is -2.34. The summed E-state index contributed by atoms with van der Waals surface area (Å²) in [5.41, 5.74) is 7.34. The number of pyridine rings is 1. The summed E-state index contributed by atoms with van der Waals surface area (Å²) >= 11 is 0. The van der Waals surface area contributed by atoms with Gasteiger partial charge in [0.15, 0.2) is 0 Å². The van der Waals surface area contributed by atoms with Crippen molar-refractivity contribution in [2.75, 3.05) is 5.73 Å². The van der Waals surface area contributed by atoms with Crippen LogP contribution in [-0.2, 0) is 6.54 Å². The maximum absolute atomic E-state index is 5.54. The summed E-state index contributed by atoms with van der Waals surface area (Å²) in [5.74, 6) is 0. The average Bonchev–Trinajstić information content (AvgIpc) is 2.05. The average molecular weight is 177 g/mol. The summed E-state index contributed by atoms with van der Waals surface area (Å²) in [6.45, 7) is 0.866. The molecule has 0 aromatic carbocycles. The van der Waals surface area contributed by atoms with E-state index in [1.165, 1.54) is 19.3 Å². The number of nitrogens with two attached hydrogens (primary N) is 1. The third kappa shape index (κ3) is 2.18. The molecule has 1 aliphatic carbocycles. The Morgan fingerprint density at radius 2 is 2.31 bits per heavy atom. The lowest BCUT2D eigenvalue weighted by Gasteiger charge is -2.26. The number of nitrogen functional groups attached to an aromatic ring is 1. The predicted molar refractivity (Wildman–Crippen MR) is 53.1 cm³/mol. The lowest BCUT2D eigenvalue weighted by atomic mass is 9.93. The van der Waals surface area contributed by atoms with Crippen LogP contribution in [-0.4, -0.2) is 11.0 Å². The van der Waals surface area contributed by atoms with E-state index in [4.69, 9.17) is 5.73 Å². The first-order valence-electron chi connectivity index (χ1n) is 4.78. The standard InChI is InChI=1S/C10H15N3/c11-8-4-5-10(12-6-8)7-13-9-2-1-3-9/h4-6,9,13H,1-3,7,11H2. The van der Waals surface area contributed by atoms with Crippen LogP contribution in [0.2, 0.25) is 0 Å². The van der Waals surface area contributed by atoms with E-state index in [1.807, 2.05) is 12.1 Å². The second-order valence-corrected chi connectivity index (χ2v) is 3.59. The van der Waals surface area contributed by atoms with E-state index in [2.05, 4.69) is 10.3 Å². The fourth-order valence-electron chi connectivity index (χ4n) is 1.40. The first-order valence-corrected chi connectivity index (χ1v) is 4.78. The highest BCUT2D eigenvalue weighted by atomic mass is 14.9. The van der Waals surface area contributed by atoms with Crippen LogP contribution in [0.15, 0.2) is 18.3 Å². The minimum Gasteiger partial charge on any atom is -0.397 e. The number of nitrogens with one attached hydrogen (secondary N) is 1. The van der Waals surface area contributed by atoms with E-state index in [9.17, 15) is 0 Å². The maximum Gasteiger partial charge on any atom is 0.0543 e. The molecule has 0 aliphatic heterocycles. The number of anilines is 1. The minimum atomic E-state index is 0.722. The van der Waals surface area contributed by atoms with Crippen molar-refractivity contribution >= 4 is 5.69 Å². The highest BCUT2D eigenvalue weighted by Crippen LogP contribution is 2.18. The Morgan fingerprint density at radius 3 is 2.85 bits per heavy atom. The van der Waals surface area contributed by atoms with E-state index in [-0.39, 0.29) is 0 Å². The van der Waals surface area contributed by atoms with Crippen LogP contribution < -0.4 is 11.1 Å². The highest BCUT2D eigenvalue weighted by molar-refractivity contribution is 5.34. The summed E-state index contributed by atoms with van der Waals surface area (Å²) in [6, 6.07) is 4.59. The van der Waals surface area contributed by atoms with E-state index in [0.29, 0.717) is 0 Å². The molecular formula is C10H15N3. The molecule has 0 saturated heterocycles. The van der Waals surface area contributed by atoms with Crippen molar-refractivity contribution in [2.45, 2.75) is 31.8 Å². The number of hydrogen-bond donors (Lipinski definition) is 2. The molecule has 0 atom stereocenters. The van der Waals surface area contributed by atoms with E-state index < -0.39 is 0 Å². The zero-order valence-electron chi connectivity index (χ0n) is 7.66. The van der Waals surface area contributed by atoms with Crippen molar-refractivity contribution in [3.8, 4) is 0 Å². The molecule has 0 amide bonds. The predicted octanol–water partition coefficient (Wildman–Crippen LogP) is 1.31. The van der Waals surface area contributed by atoms with Crippen LogP contribution in [0.3, 0.4) is 0 Å². The highest BCUT2D eigenvalue weighted by Gasteiger charge is 2.15. The summed E-state index contributed by atoms with van der Waals surface area (Å²) in [5, 5.41) is 3.45. The van der Waals surface area contributed by atoms with E-state index >= 15 is 0 Å². The molecule has 0 radical (unpaired) electrons. The Balaban J connectivity index is 1.83. The van der Waals surface area contributed by atoms with Gasteiger partial charge in [-0.25, -0.2) is 0 Å². The molecule has 3 heteroatoms. The monoisotopic (exact) mass is 177 g/mol. The van der Waals surface area contributed by atoms with Gasteiger partial charge in [-0.3, -0.25) is 4.98 Å². The quantitative estimate of drug-likeness (QED) is 0.731. The molecule has 1 fully saturated rings. The van der Waals surface area contributed by atoms with Gasteiger partial charge in [-0.15, -0.1) is 0 Å². The Labute approximate surface area is 78.4 Å². The summed E-state index contributed by atoms with van der Waals surface area (Å²) in [4.78, 5) is 4.22. The fraction of sp³-hybridized carbons (Fsp3) is 0.500. The topological polar surface area (TPSA) is 50.9 Å². The zero-order valence-corrected chi connectivity index (χ0v) is 7.66. The van der Waals surface area contributed by atoms with Gasteiger partial charge in [0.05, 0.1) is 17.6 Å². The Morgan fingerprint density at radius 1 is 1.46 bits per heavy atom. The van der Waals surface area contributed by atoms with Crippen LogP contribution in [0.5, 0.6) is 0 Å². The molecule has 0 bridgehead atoms. The van der Waals surface area contributed by atoms with Gasteiger partial charge >= 0.3 is 0 Å². The van der Waals surface area contributed by atoms with Crippen LogP contribution >= 0.6 is 0 Å². The van der Waals surface area contributed by atoms with Gasteiger partial charge in [0, 0.05) is 12.6 Å². The number of rotatable bonds is 3. The Hall–Kier alpha value is -1.09. The van der Waals surface area contributed by atoms with Gasteiger partial charge in [-0.1, -0.05) is 6.42 Å². The number of aromatic nitrogens is 1. The van der Waals surface area contributed by atoms with Gasteiger partial charge in [0.1, 0.15) is 0 Å². The SMILES string of the molecule is Nc1ccc(CNC2CCC2)nc1. The fourth-order valence-corrected chi connectivity index (χ4v) is 1.40. The molecule has 1 heterocycles. The number of nitrogens with zero attached hydrogens (tertiary/aromatic N) is 1. The van der Waals surface area contributed by atoms with Crippen molar-refractivity contribution in [3.05, 3.63) is 24.0 Å². The smallest absolute Gasteiger partial charge is 0.0543 e. The molecule has 2 rings (SSSR count).